The third kappa shape index (κ3) is 9.75. The summed E-state index contributed by atoms with van der Waals surface area (Å²) < 4.78 is 23.1. The molecular formula is C35H46ClN3O10. The second-order valence-corrected chi connectivity index (χ2v) is 13.4. The lowest BCUT2D eigenvalue weighted by molar-refractivity contribution is -0.160. The molecule has 1 aromatic carbocycles. The number of nitrogens with zero attached hydrogens (tertiary/aromatic N) is 2. The third-order valence-electron chi connectivity index (χ3n) is 9.33. The fourth-order valence-electron chi connectivity index (χ4n) is 6.12. The number of esters is 1. The molecule has 0 spiro atoms. The molecule has 3 aliphatic rings. The number of fused-ring (bicyclic) bond motifs is 5. The van der Waals surface area contributed by atoms with Crippen molar-refractivity contribution in [2.45, 2.75) is 102 Å². The van der Waals surface area contributed by atoms with E-state index in [0.717, 1.165) is 11.1 Å². The summed E-state index contributed by atoms with van der Waals surface area (Å²) in [6.07, 6.45) is 4.07. The van der Waals surface area contributed by atoms with Gasteiger partial charge < -0.3 is 39.2 Å². The number of carbonyl (C=O) groups is 5. The van der Waals surface area contributed by atoms with Crippen LogP contribution in [0.5, 0.6) is 5.75 Å². The van der Waals surface area contributed by atoms with Crippen molar-refractivity contribution in [3.05, 3.63) is 46.5 Å². The van der Waals surface area contributed by atoms with Crippen molar-refractivity contribution in [1.82, 2.24) is 10.2 Å². The Hall–Kier alpha value is -4.10. The second kappa shape index (κ2) is 16.5. The molecule has 2 saturated heterocycles. The van der Waals surface area contributed by atoms with E-state index >= 15 is 0 Å². The van der Waals surface area contributed by atoms with Crippen LogP contribution in [0.2, 0.25) is 5.02 Å². The number of halogens is 1. The molecule has 4 bridgehead atoms. The van der Waals surface area contributed by atoms with Gasteiger partial charge in [-0.2, -0.15) is 0 Å². The van der Waals surface area contributed by atoms with Crippen molar-refractivity contribution in [2.24, 2.45) is 5.92 Å². The number of allylic oxidation sites excluding steroid dienone is 3. The van der Waals surface area contributed by atoms with Crippen molar-refractivity contribution in [3.63, 3.8) is 0 Å². The number of hydrogen-bond donors (Lipinski definition) is 2. The maximum absolute atomic E-state index is 13.9. The molecule has 3 aliphatic heterocycles. The average Bonchev–Trinajstić information content (AvgIpc) is 3.85. The van der Waals surface area contributed by atoms with Gasteiger partial charge in [0.05, 0.1) is 25.3 Å². The van der Waals surface area contributed by atoms with Gasteiger partial charge in [0.25, 0.3) is 0 Å². The number of anilines is 1. The molecule has 1 unspecified atom stereocenters. The first-order valence-electron chi connectivity index (χ1n) is 16.5. The Morgan fingerprint density at radius 1 is 1.20 bits per heavy atom. The minimum absolute atomic E-state index is 0.0528. The number of nitrogens with one attached hydrogen (secondary N) is 1. The molecule has 0 saturated carbocycles. The topological polar surface area (TPSA) is 164 Å². The van der Waals surface area contributed by atoms with Crippen LogP contribution in [0, 0.1) is 5.92 Å². The lowest BCUT2D eigenvalue weighted by atomic mass is 9.90. The van der Waals surface area contributed by atoms with Gasteiger partial charge in [-0.3, -0.25) is 14.4 Å². The summed E-state index contributed by atoms with van der Waals surface area (Å²) in [6, 6.07) is 2.46. The Labute approximate surface area is 291 Å². The van der Waals surface area contributed by atoms with Gasteiger partial charge >= 0.3 is 18.0 Å². The van der Waals surface area contributed by atoms with Crippen molar-refractivity contribution in [1.29, 1.82) is 0 Å². The van der Waals surface area contributed by atoms with Crippen LogP contribution in [0.15, 0.2) is 35.9 Å². The van der Waals surface area contributed by atoms with Gasteiger partial charge in [-0.25, -0.2) is 9.59 Å². The molecular weight excluding hydrogens is 658 g/mol. The number of methoxy groups -OCH3 is 1. The van der Waals surface area contributed by atoms with Crippen molar-refractivity contribution < 1.29 is 48.0 Å². The van der Waals surface area contributed by atoms with E-state index < -0.39 is 60.3 Å². The minimum Gasteiger partial charge on any atom is -0.495 e. The van der Waals surface area contributed by atoms with Crippen LogP contribution < -0.4 is 15.0 Å². The van der Waals surface area contributed by atoms with E-state index in [1.165, 1.54) is 30.9 Å². The summed E-state index contributed by atoms with van der Waals surface area (Å²) in [5.41, 5.74) is 2.33. The summed E-state index contributed by atoms with van der Waals surface area (Å²) in [6.45, 7) is 5.38. The molecule has 13 nitrogen and oxygen atoms in total. The Morgan fingerprint density at radius 3 is 2.63 bits per heavy atom. The lowest BCUT2D eigenvalue weighted by Crippen LogP contribution is -2.48. The maximum Gasteiger partial charge on any atom is 0.407 e. The van der Waals surface area contributed by atoms with E-state index in [1.807, 2.05) is 44.2 Å². The number of ether oxygens (including phenoxy) is 4. The predicted octanol–water partition coefficient (Wildman–Crippen LogP) is 4.43. The number of rotatable bonds is 8. The smallest absolute Gasteiger partial charge is 0.407 e. The predicted molar refractivity (Wildman–Crippen MR) is 180 cm³/mol. The highest BCUT2D eigenvalue weighted by Crippen LogP contribution is 2.40. The number of benzene rings is 1. The highest BCUT2D eigenvalue weighted by molar-refractivity contribution is 6.35. The lowest BCUT2D eigenvalue weighted by Gasteiger charge is -2.33. The number of carboxylic acids is 1. The van der Waals surface area contributed by atoms with Gasteiger partial charge in [-0.1, -0.05) is 42.3 Å². The third-order valence-corrected chi connectivity index (χ3v) is 9.71. The molecule has 0 aromatic heterocycles. The normalized spacial score (nSPS) is 28.1. The molecule has 3 amide bonds. The van der Waals surface area contributed by atoms with Gasteiger partial charge in [-0.05, 0) is 50.8 Å². The number of carboxylic acid groups (broad SMARTS) is 1. The molecule has 2 fully saturated rings. The van der Waals surface area contributed by atoms with Gasteiger partial charge in [0, 0.05) is 45.3 Å². The Balaban J connectivity index is 1.63. The molecule has 1 aromatic rings. The van der Waals surface area contributed by atoms with Crippen molar-refractivity contribution in [3.8, 4) is 5.75 Å². The van der Waals surface area contributed by atoms with Crippen LogP contribution in [-0.2, 0) is 39.8 Å². The van der Waals surface area contributed by atoms with E-state index in [1.54, 1.807) is 7.05 Å². The standard InChI is InChI=1S/C35H46ClN3O10/c1-19-10-7-8-11-23-17-25(48-35(45)37-23)20(2)32-33(49-32)27(47-34(44)21(3)38(4)28(40)12-9-13-30(42)43)18-29(41)39(5)24-15-22(14-19)16-26(46-6)31(24)36/h7-8,10,15-16,20-21,23,25,27,32-33H,9,11-14,17-18H2,1-6H3,(H,37,45)(H,42,43)/b8-7+,19-10+/t20-,21+,23?,25+,27+,32+,33+/m1/s1. The molecule has 0 aliphatic carbocycles. The van der Waals surface area contributed by atoms with Crippen molar-refractivity contribution >= 4 is 47.1 Å². The first kappa shape index (κ1) is 37.7. The number of aliphatic carboxylic acids is 1. The molecule has 7 atom stereocenters. The monoisotopic (exact) mass is 703 g/mol. The van der Waals surface area contributed by atoms with E-state index in [9.17, 15) is 24.0 Å². The number of hydrogen-bond acceptors (Lipinski definition) is 9. The van der Waals surface area contributed by atoms with E-state index in [0.29, 0.717) is 30.7 Å². The van der Waals surface area contributed by atoms with Crippen LogP contribution in [0.4, 0.5) is 10.5 Å². The summed E-state index contributed by atoms with van der Waals surface area (Å²) >= 11 is 6.70. The molecule has 49 heavy (non-hydrogen) atoms. The second-order valence-electron chi connectivity index (χ2n) is 13.0. The fourth-order valence-corrected chi connectivity index (χ4v) is 6.43. The van der Waals surface area contributed by atoms with Gasteiger partial charge in [0.2, 0.25) is 11.8 Å². The quantitative estimate of drug-likeness (QED) is 0.292. The fraction of sp³-hybridized carbons (Fsp3) is 0.571. The number of likely N-dealkylation sites (N-methyl/N-ethyl adjacent to an activating group) is 1. The zero-order valence-electron chi connectivity index (χ0n) is 28.8. The SMILES string of the molecule is COc1cc2cc(c1Cl)N(C)C(=O)C[C@H](OC(=O)[C@H](C)N(C)C(=O)CCCC(=O)O)[C@@H]1O[C@H]1[C@H](C)[C@@H]1CC(C/C=C/C=C(\C)C2)NC(=O)O1. The van der Waals surface area contributed by atoms with E-state index in [4.69, 9.17) is 35.7 Å². The first-order valence-corrected chi connectivity index (χ1v) is 16.8. The molecule has 14 heteroatoms. The molecule has 0 radical (unpaired) electrons. The zero-order valence-corrected chi connectivity index (χ0v) is 29.5. The van der Waals surface area contributed by atoms with Crippen LogP contribution in [-0.4, -0.2) is 97.6 Å². The van der Waals surface area contributed by atoms with Crippen molar-refractivity contribution in [2.75, 3.05) is 26.1 Å². The summed E-state index contributed by atoms with van der Waals surface area (Å²) in [5, 5.41) is 12.0. The molecule has 2 N–H and O–H groups in total. The maximum atomic E-state index is 13.9. The zero-order chi connectivity index (χ0) is 36.0. The molecule has 268 valence electrons. The summed E-state index contributed by atoms with van der Waals surface area (Å²) in [7, 11) is 4.52. The molecule has 3 heterocycles. The number of epoxide rings is 1. The van der Waals surface area contributed by atoms with Crippen LogP contribution in [0.25, 0.3) is 0 Å². The number of amides is 3. The van der Waals surface area contributed by atoms with Gasteiger partial charge in [0.15, 0.2) is 0 Å². The Morgan fingerprint density at radius 2 is 1.94 bits per heavy atom. The van der Waals surface area contributed by atoms with Crippen LogP contribution in [0.3, 0.4) is 0 Å². The molecule has 4 rings (SSSR count). The first-order chi connectivity index (χ1) is 23.2. The average molecular weight is 704 g/mol. The van der Waals surface area contributed by atoms with Crippen LogP contribution in [0.1, 0.15) is 64.9 Å². The van der Waals surface area contributed by atoms with Gasteiger partial charge in [0.1, 0.15) is 35.1 Å². The summed E-state index contributed by atoms with van der Waals surface area (Å²) in [4.78, 5) is 66.0. The largest absolute Gasteiger partial charge is 0.495 e. The number of alkyl carbamates (subject to hydrolysis) is 1. The van der Waals surface area contributed by atoms with E-state index in [2.05, 4.69) is 5.32 Å². The highest BCUT2D eigenvalue weighted by Gasteiger charge is 2.54. The summed E-state index contributed by atoms with van der Waals surface area (Å²) in [5.74, 6) is -2.48. The number of carbonyl (C=O) groups excluding carboxylic acids is 4. The Bertz CT molecular complexity index is 1500. The Kier molecular flexibility index (Phi) is 12.7. The van der Waals surface area contributed by atoms with E-state index in [-0.39, 0.29) is 42.7 Å². The highest BCUT2D eigenvalue weighted by atomic mass is 35.5. The van der Waals surface area contributed by atoms with Crippen LogP contribution >= 0.6 is 11.6 Å². The van der Waals surface area contributed by atoms with Gasteiger partial charge in [-0.15, -0.1) is 0 Å². The minimum atomic E-state index is -1.04.